The number of methoxy groups -OCH3 is 3. The molecular formula is C28H28FN3O5. The van der Waals surface area contributed by atoms with Gasteiger partial charge in [0.1, 0.15) is 29.6 Å². The molecule has 4 rings (SSSR count). The van der Waals surface area contributed by atoms with Gasteiger partial charge in [0.25, 0.3) is 11.8 Å². The topological polar surface area (TPSA) is 80.7 Å². The molecule has 0 fully saturated rings. The first-order valence-electron chi connectivity index (χ1n) is 11.6. The third kappa shape index (κ3) is 5.40. The fourth-order valence-corrected chi connectivity index (χ4v) is 4.21. The summed E-state index contributed by atoms with van der Waals surface area (Å²) in [5, 5.41) is 6.04. The van der Waals surface area contributed by atoms with E-state index in [0.29, 0.717) is 29.4 Å². The molecule has 37 heavy (non-hydrogen) atoms. The lowest BCUT2D eigenvalue weighted by Gasteiger charge is -2.25. The number of carbonyl (C=O) groups excluding carboxylic acids is 2. The van der Waals surface area contributed by atoms with Crippen LogP contribution in [0.2, 0.25) is 0 Å². The zero-order chi connectivity index (χ0) is 26.5. The molecule has 0 saturated heterocycles. The summed E-state index contributed by atoms with van der Waals surface area (Å²) >= 11 is 0. The highest BCUT2D eigenvalue weighted by molar-refractivity contribution is 6.05. The van der Waals surface area contributed by atoms with Crippen LogP contribution in [0.1, 0.15) is 33.9 Å². The summed E-state index contributed by atoms with van der Waals surface area (Å²) in [6.45, 7) is -0.281. The molecule has 0 bridgehead atoms. The molecule has 0 N–H and O–H groups in total. The highest BCUT2D eigenvalue weighted by atomic mass is 19.1. The van der Waals surface area contributed by atoms with Crippen LogP contribution in [0.4, 0.5) is 4.39 Å². The molecule has 2 amide bonds. The van der Waals surface area contributed by atoms with Crippen LogP contribution in [0.3, 0.4) is 0 Å². The smallest absolute Gasteiger partial charge is 0.262 e. The Morgan fingerprint density at radius 2 is 1.65 bits per heavy atom. The van der Waals surface area contributed by atoms with Crippen molar-refractivity contribution in [3.8, 4) is 17.2 Å². The molecule has 0 saturated carbocycles. The second kappa shape index (κ2) is 11.1. The maximum Gasteiger partial charge on any atom is 0.262 e. The molecule has 1 aliphatic heterocycles. The van der Waals surface area contributed by atoms with E-state index in [1.54, 1.807) is 39.5 Å². The molecule has 192 valence electrons. The first-order chi connectivity index (χ1) is 17.9. The molecule has 0 unspecified atom stereocenters. The van der Waals surface area contributed by atoms with Gasteiger partial charge in [-0.1, -0.05) is 24.3 Å². The van der Waals surface area contributed by atoms with E-state index >= 15 is 0 Å². The van der Waals surface area contributed by atoms with E-state index in [0.717, 1.165) is 11.1 Å². The van der Waals surface area contributed by atoms with Gasteiger partial charge in [-0.25, -0.2) is 9.40 Å². The van der Waals surface area contributed by atoms with Gasteiger partial charge in [0, 0.05) is 25.1 Å². The zero-order valence-corrected chi connectivity index (χ0v) is 21.1. The van der Waals surface area contributed by atoms with Crippen LogP contribution in [0.25, 0.3) is 0 Å². The second-order valence-corrected chi connectivity index (χ2v) is 8.49. The van der Waals surface area contributed by atoms with Crippen molar-refractivity contribution in [2.24, 2.45) is 5.10 Å². The lowest BCUT2D eigenvalue weighted by atomic mass is 9.97. The second-order valence-electron chi connectivity index (χ2n) is 8.49. The van der Waals surface area contributed by atoms with E-state index in [9.17, 15) is 14.0 Å². The number of nitrogens with zero attached hydrogens (tertiary/aromatic N) is 3. The summed E-state index contributed by atoms with van der Waals surface area (Å²) in [6, 6.07) is 18.0. The van der Waals surface area contributed by atoms with E-state index in [1.165, 1.54) is 35.2 Å². The molecule has 8 nitrogen and oxygen atoms in total. The van der Waals surface area contributed by atoms with Crippen LogP contribution < -0.4 is 14.2 Å². The molecule has 1 atom stereocenters. The number of hydrazone groups is 1. The number of rotatable bonds is 8. The van der Waals surface area contributed by atoms with Gasteiger partial charge in [-0.05, 0) is 42.0 Å². The van der Waals surface area contributed by atoms with Gasteiger partial charge < -0.3 is 19.1 Å². The fraction of sp³-hybridized carbons (Fsp3) is 0.250. The largest absolute Gasteiger partial charge is 0.497 e. The summed E-state index contributed by atoms with van der Waals surface area (Å²) in [5.41, 5.74) is 2.13. The van der Waals surface area contributed by atoms with Crippen molar-refractivity contribution in [1.82, 2.24) is 9.91 Å². The van der Waals surface area contributed by atoms with E-state index in [4.69, 9.17) is 14.2 Å². The van der Waals surface area contributed by atoms with Crippen molar-refractivity contribution in [1.29, 1.82) is 0 Å². The molecule has 0 aromatic heterocycles. The minimum atomic E-state index is -0.643. The molecule has 3 aromatic carbocycles. The monoisotopic (exact) mass is 505 g/mol. The summed E-state index contributed by atoms with van der Waals surface area (Å²) in [6.07, 6.45) is 0.422. The molecule has 0 spiro atoms. The van der Waals surface area contributed by atoms with E-state index < -0.39 is 23.7 Å². The number of amides is 2. The normalized spacial score (nSPS) is 14.7. The van der Waals surface area contributed by atoms with Gasteiger partial charge in [-0.3, -0.25) is 9.59 Å². The first-order valence-corrected chi connectivity index (χ1v) is 11.6. The number of halogens is 1. The molecule has 1 heterocycles. The van der Waals surface area contributed by atoms with Crippen molar-refractivity contribution in [3.05, 3.63) is 89.2 Å². The van der Waals surface area contributed by atoms with Gasteiger partial charge in [0.05, 0.1) is 38.6 Å². The van der Waals surface area contributed by atoms with E-state index in [-0.39, 0.29) is 12.1 Å². The Bertz CT molecular complexity index is 1330. The van der Waals surface area contributed by atoms with Crippen molar-refractivity contribution in [2.45, 2.75) is 12.5 Å². The quantitative estimate of drug-likeness (QED) is 0.456. The standard InChI is InChI=1S/C28H28FN3O5/c1-31(28(34)21-7-5-6-8-23(21)29)17-27(33)32-25(18-9-11-19(35-2)12-10-18)16-24(30-32)22-14-13-20(36-3)15-26(22)37-4/h5-15,25H,16-17H2,1-4H3/t25-/m0/s1. The maximum absolute atomic E-state index is 14.2. The summed E-state index contributed by atoms with van der Waals surface area (Å²) in [7, 11) is 6.17. The first kappa shape index (κ1) is 25.7. The van der Waals surface area contributed by atoms with Crippen molar-refractivity contribution in [3.63, 3.8) is 0 Å². The Hall–Kier alpha value is -4.40. The van der Waals surface area contributed by atoms with Crippen LogP contribution in [-0.2, 0) is 4.79 Å². The number of hydrogen-bond donors (Lipinski definition) is 0. The zero-order valence-electron chi connectivity index (χ0n) is 21.1. The molecular weight excluding hydrogens is 477 g/mol. The van der Waals surface area contributed by atoms with E-state index in [1.807, 2.05) is 30.3 Å². The third-order valence-electron chi connectivity index (χ3n) is 6.21. The highest BCUT2D eigenvalue weighted by Gasteiger charge is 2.35. The van der Waals surface area contributed by atoms with Gasteiger partial charge in [-0.15, -0.1) is 0 Å². The highest BCUT2D eigenvalue weighted by Crippen LogP contribution is 2.36. The Morgan fingerprint density at radius 3 is 2.30 bits per heavy atom. The summed E-state index contributed by atoms with van der Waals surface area (Å²) in [5.74, 6) is 0.242. The molecule has 9 heteroatoms. The Kier molecular flexibility index (Phi) is 7.71. The van der Waals surface area contributed by atoms with Crippen LogP contribution in [0.5, 0.6) is 17.2 Å². The third-order valence-corrected chi connectivity index (χ3v) is 6.21. The predicted octanol–water partition coefficient (Wildman–Crippen LogP) is 4.30. The lowest BCUT2D eigenvalue weighted by Crippen LogP contribution is -2.39. The minimum Gasteiger partial charge on any atom is -0.497 e. The Morgan fingerprint density at radius 1 is 0.973 bits per heavy atom. The molecule has 0 radical (unpaired) electrons. The molecule has 0 aliphatic carbocycles. The SMILES string of the molecule is COc1ccc([C@@H]2CC(c3ccc(OC)cc3OC)=NN2C(=O)CN(C)C(=O)c2ccccc2F)cc1. The van der Waals surface area contributed by atoms with Gasteiger partial charge in [0.2, 0.25) is 0 Å². The summed E-state index contributed by atoms with van der Waals surface area (Å²) < 4.78 is 30.3. The van der Waals surface area contributed by atoms with Crippen molar-refractivity contribution in [2.75, 3.05) is 34.9 Å². The maximum atomic E-state index is 14.2. The fourth-order valence-electron chi connectivity index (χ4n) is 4.21. The average Bonchev–Trinajstić information content (AvgIpc) is 3.38. The summed E-state index contributed by atoms with van der Waals surface area (Å²) in [4.78, 5) is 27.5. The van der Waals surface area contributed by atoms with E-state index in [2.05, 4.69) is 5.10 Å². The minimum absolute atomic E-state index is 0.0990. The molecule has 3 aromatic rings. The Labute approximate surface area is 214 Å². The molecule has 1 aliphatic rings. The van der Waals surface area contributed by atoms with Crippen LogP contribution in [0.15, 0.2) is 71.8 Å². The van der Waals surface area contributed by atoms with Crippen molar-refractivity contribution < 1.29 is 28.2 Å². The van der Waals surface area contributed by atoms with Crippen LogP contribution in [-0.4, -0.2) is 62.4 Å². The Balaban J connectivity index is 1.65. The number of hydrogen-bond acceptors (Lipinski definition) is 6. The average molecular weight is 506 g/mol. The van der Waals surface area contributed by atoms with Gasteiger partial charge in [-0.2, -0.15) is 5.10 Å². The van der Waals surface area contributed by atoms with Crippen LogP contribution in [0, 0.1) is 5.82 Å². The van der Waals surface area contributed by atoms with Crippen molar-refractivity contribution >= 4 is 17.5 Å². The van der Waals surface area contributed by atoms with Crippen LogP contribution >= 0.6 is 0 Å². The number of carbonyl (C=O) groups is 2. The number of ether oxygens (including phenoxy) is 3. The number of benzene rings is 3. The van der Waals surface area contributed by atoms with Gasteiger partial charge >= 0.3 is 0 Å². The number of likely N-dealkylation sites (N-methyl/N-ethyl adjacent to an activating group) is 1. The predicted molar refractivity (Wildman–Crippen MR) is 137 cm³/mol. The van der Waals surface area contributed by atoms with Gasteiger partial charge in [0.15, 0.2) is 0 Å². The lowest BCUT2D eigenvalue weighted by molar-refractivity contribution is -0.133.